The number of rotatable bonds is 5. The molecule has 0 aliphatic carbocycles. The Morgan fingerprint density at radius 2 is 2.28 bits per heavy atom. The molecule has 0 aromatic carbocycles. The van der Waals surface area contributed by atoms with Gasteiger partial charge in [0.2, 0.25) is 5.88 Å². The van der Waals surface area contributed by atoms with Gasteiger partial charge in [-0.05, 0) is 18.9 Å². The van der Waals surface area contributed by atoms with E-state index in [-0.39, 0.29) is 0 Å². The first kappa shape index (κ1) is 12.5. The molecule has 0 radical (unpaired) electrons. The second kappa shape index (κ2) is 4.76. The van der Waals surface area contributed by atoms with Crippen LogP contribution in [0.2, 0.25) is 0 Å². The van der Waals surface area contributed by atoms with Crippen molar-refractivity contribution in [3.8, 4) is 5.88 Å². The number of carbonyl (C=O) groups is 1. The summed E-state index contributed by atoms with van der Waals surface area (Å²) in [5, 5.41) is 0. The summed E-state index contributed by atoms with van der Waals surface area (Å²) in [6.07, 6.45) is 5.04. The van der Waals surface area contributed by atoms with Gasteiger partial charge < -0.3 is 14.5 Å². The zero-order chi connectivity index (χ0) is 13.2. The molecule has 0 aliphatic heterocycles. The fourth-order valence-electron chi connectivity index (χ4n) is 1.81. The third kappa shape index (κ3) is 2.50. The van der Waals surface area contributed by atoms with Crippen LogP contribution in [0.25, 0.3) is 11.2 Å². The van der Waals surface area contributed by atoms with Crippen molar-refractivity contribution < 1.29 is 9.53 Å². The maximum absolute atomic E-state index is 11.0. The largest absolute Gasteiger partial charge is 0.477 e. The van der Waals surface area contributed by atoms with Crippen LogP contribution in [0.4, 0.5) is 0 Å². The van der Waals surface area contributed by atoms with E-state index in [9.17, 15) is 4.79 Å². The molecule has 0 fully saturated rings. The van der Waals surface area contributed by atoms with Crippen LogP contribution in [-0.2, 0) is 11.2 Å². The molecule has 0 saturated carbocycles. The average Bonchev–Trinajstić information content (AvgIpc) is 2.72. The number of aldehydes is 1. The minimum Gasteiger partial charge on any atom is -0.477 e. The van der Waals surface area contributed by atoms with E-state index < -0.39 is 5.41 Å². The molecule has 18 heavy (non-hydrogen) atoms. The van der Waals surface area contributed by atoms with Crippen LogP contribution in [0.3, 0.4) is 0 Å². The number of aromatic nitrogens is 3. The summed E-state index contributed by atoms with van der Waals surface area (Å²) < 4.78 is 5.34. The summed E-state index contributed by atoms with van der Waals surface area (Å²) in [6.45, 7) is 6.26. The molecular weight excluding hydrogens is 230 g/mol. The van der Waals surface area contributed by atoms with E-state index >= 15 is 0 Å². The highest BCUT2D eigenvalue weighted by Gasteiger charge is 2.20. The van der Waals surface area contributed by atoms with Gasteiger partial charge >= 0.3 is 0 Å². The Hall–Kier alpha value is -1.91. The van der Waals surface area contributed by atoms with Gasteiger partial charge in [0.1, 0.15) is 11.8 Å². The molecule has 2 aromatic heterocycles. The van der Waals surface area contributed by atoms with E-state index in [1.807, 2.05) is 27.0 Å². The molecule has 0 atom stereocenters. The number of H-pyrrole nitrogens is 1. The zero-order valence-electron chi connectivity index (χ0n) is 10.9. The number of nitrogens with zero attached hydrogens (tertiary/aromatic N) is 2. The lowest BCUT2D eigenvalue weighted by Crippen LogP contribution is -2.16. The molecule has 2 aromatic rings. The van der Waals surface area contributed by atoms with Crippen molar-refractivity contribution in [1.82, 2.24) is 15.0 Å². The van der Waals surface area contributed by atoms with Gasteiger partial charge in [-0.25, -0.2) is 9.97 Å². The van der Waals surface area contributed by atoms with Gasteiger partial charge in [-0.3, -0.25) is 0 Å². The molecule has 2 rings (SSSR count). The first-order valence-corrected chi connectivity index (χ1v) is 5.98. The van der Waals surface area contributed by atoms with Crippen LogP contribution in [0.5, 0.6) is 5.88 Å². The number of ether oxygens (including phenoxy) is 1. The molecule has 0 unspecified atom stereocenters. The van der Waals surface area contributed by atoms with Crippen molar-refractivity contribution in [3.05, 3.63) is 18.0 Å². The van der Waals surface area contributed by atoms with Crippen molar-refractivity contribution >= 4 is 17.5 Å². The molecule has 0 bridgehead atoms. The molecule has 0 amide bonds. The van der Waals surface area contributed by atoms with E-state index in [4.69, 9.17) is 4.74 Å². The van der Waals surface area contributed by atoms with Gasteiger partial charge in [0, 0.05) is 11.6 Å². The standard InChI is InChI=1S/C13H17N3O2/c1-4-18-10-7-15-12-11(16-10)9(6-14-12)5-13(2,3)8-17/h6-8H,4-5H2,1-3H3,(H,14,15). The van der Waals surface area contributed by atoms with Gasteiger partial charge in [-0.2, -0.15) is 0 Å². The summed E-state index contributed by atoms with van der Waals surface area (Å²) in [5.74, 6) is 0.509. The summed E-state index contributed by atoms with van der Waals surface area (Å²) in [4.78, 5) is 22.7. The Labute approximate surface area is 106 Å². The number of nitrogens with one attached hydrogen (secondary N) is 1. The third-order valence-electron chi connectivity index (χ3n) is 2.69. The maximum Gasteiger partial charge on any atom is 0.233 e. The van der Waals surface area contributed by atoms with Crippen molar-refractivity contribution in [2.24, 2.45) is 5.41 Å². The van der Waals surface area contributed by atoms with E-state index in [2.05, 4.69) is 15.0 Å². The lowest BCUT2D eigenvalue weighted by atomic mass is 9.88. The van der Waals surface area contributed by atoms with Gasteiger partial charge in [-0.15, -0.1) is 0 Å². The highest BCUT2D eigenvalue weighted by Crippen LogP contribution is 2.24. The third-order valence-corrected chi connectivity index (χ3v) is 2.69. The van der Waals surface area contributed by atoms with E-state index in [0.717, 1.165) is 23.0 Å². The normalized spacial score (nSPS) is 11.7. The SMILES string of the molecule is CCOc1cnc2[nH]cc(CC(C)(C)C=O)c2n1. The number of hydrogen-bond donors (Lipinski definition) is 1. The first-order chi connectivity index (χ1) is 8.55. The number of aromatic amines is 1. The quantitative estimate of drug-likeness (QED) is 0.822. The fourth-order valence-corrected chi connectivity index (χ4v) is 1.81. The average molecular weight is 247 g/mol. The van der Waals surface area contributed by atoms with Crippen LogP contribution in [0.1, 0.15) is 26.3 Å². The maximum atomic E-state index is 11.0. The Bertz CT molecular complexity index is 560. The van der Waals surface area contributed by atoms with Crippen LogP contribution in [0.15, 0.2) is 12.4 Å². The van der Waals surface area contributed by atoms with Crippen LogP contribution in [0, 0.1) is 5.41 Å². The van der Waals surface area contributed by atoms with Gasteiger partial charge in [0.25, 0.3) is 0 Å². The molecule has 0 spiro atoms. The predicted molar refractivity (Wildman–Crippen MR) is 68.6 cm³/mol. The first-order valence-electron chi connectivity index (χ1n) is 5.98. The van der Waals surface area contributed by atoms with Gasteiger partial charge in [0.15, 0.2) is 5.65 Å². The van der Waals surface area contributed by atoms with E-state index in [0.29, 0.717) is 18.9 Å². The van der Waals surface area contributed by atoms with Crippen molar-refractivity contribution in [1.29, 1.82) is 0 Å². The van der Waals surface area contributed by atoms with Crippen molar-refractivity contribution in [2.45, 2.75) is 27.2 Å². The summed E-state index contributed by atoms with van der Waals surface area (Å²) >= 11 is 0. The Kier molecular flexibility index (Phi) is 3.32. The molecule has 2 heterocycles. The minimum atomic E-state index is -0.404. The lowest BCUT2D eigenvalue weighted by molar-refractivity contribution is -0.114. The predicted octanol–water partition coefficient (Wildman–Crippen LogP) is 2.12. The minimum absolute atomic E-state index is 0.404. The number of hydrogen-bond acceptors (Lipinski definition) is 4. The van der Waals surface area contributed by atoms with Crippen molar-refractivity contribution in [2.75, 3.05) is 6.61 Å². The fraction of sp³-hybridized carbons (Fsp3) is 0.462. The van der Waals surface area contributed by atoms with E-state index in [1.165, 1.54) is 0 Å². The van der Waals surface area contributed by atoms with Crippen LogP contribution >= 0.6 is 0 Å². The Morgan fingerprint density at radius 3 is 2.94 bits per heavy atom. The van der Waals surface area contributed by atoms with Gasteiger partial charge in [-0.1, -0.05) is 13.8 Å². The van der Waals surface area contributed by atoms with Crippen LogP contribution in [-0.4, -0.2) is 27.8 Å². The topological polar surface area (TPSA) is 67.9 Å². The second-order valence-electron chi connectivity index (χ2n) is 4.94. The number of carbonyl (C=O) groups excluding carboxylic acids is 1. The zero-order valence-corrected chi connectivity index (χ0v) is 10.9. The molecule has 0 saturated heterocycles. The Balaban J connectivity index is 2.39. The monoisotopic (exact) mass is 247 g/mol. The second-order valence-corrected chi connectivity index (χ2v) is 4.94. The summed E-state index contributed by atoms with van der Waals surface area (Å²) in [7, 11) is 0. The summed E-state index contributed by atoms with van der Waals surface area (Å²) in [6, 6.07) is 0. The Morgan fingerprint density at radius 1 is 1.50 bits per heavy atom. The smallest absolute Gasteiger partial charge is 0.233 e. The highest BCUT2D eigenvalue weighted by atomic mass is 16.5. The van der Waals surface area contributed by atoms with Gasteiger partial charge in [0.05, 0.1) is 12.8 Å². The van der Waals surface area contributed by atoms with Crippen molar-refractivity contribution in [3.63, 3.8) is 0 Å². The molecule has 0 aliphatic rings. The lowest BCUT2D eigenvalue weighted by Gasteiger charge is -2.15. The number of fused-ring (bicyclic) bond motifs is 1. The molecule has 1 N–H and O–H groups in total. The molecule has 5 heteroatoms. The molecular formula is C13H17N3O2. The van der Waals surface area contributed by atoms with Crippen LogP contribution < -0.4 is 4.74 Å². The molecule has 96 valence electrons. The summed E-state index contributed by atoms with van der Waals surface area (Å²) in [5.41, 5.74) is 2.07. The van der Waals surface area contributed by atoms with E-state index in [1.54, 1.807) is 6.20 Å². The molecule has 5 nitrogen and oxygen atoms in total. The highest BCUT2D eigenvalue weighted by molar-refractivity contribution is 5.76.